The fourth-order valence-electron chi connectivity index (χ4n) is 4.33. The first kappa shape index (κ1) is 23.6. The molecule has 1 aromatic heterocycles. The van der Waals surface area contributed by atoms with Crippen LogP contribution >= 0.6 is 0 Å². The zero-order valence-electron chi connectivity index (χ0n) is 20.0. The minimum absolute atomic E-state index is 0.0761. The first-order chi connectivity index (χ1) is 16.4. The van der Waals surface area contributed by atoms with Crippen molar-refractivity contribution in [1.82, 2.24) is 9.88 Å². The van der Waals surface area contributed by atoms with Crippen molar-refractivity contribution < 1.29 is 23.7 Å². The number of hydrogen-bond acceptors (Lipinski definition) is 6. The van der Waals surface area contributed by atoms with Crippen molar-refractivity contribution in [2.45, 2.75) is 32.4 Å². The Kier molecular flexibility index (Phi) is 7.07. The third-order valence-corrected chi connectivity index (χ3v) is 6.08. The van der Waals surface area contributed by atoms with Crippen LogP contribution in [0.1, 0.15) is 34.3 Å². The molecule has 4 rings (SSSR count). The smallest absolute Gasteiger partial charge is 0.254 e. The number of aromatic nitrogens is 1. The Morgan fingerprint density at radius 3 is 2.44 bits per heavy atom. The van der Waals surface area contributed by atoms with E-state index in [9.17, 15) is 9.59 Å². The topological polar surface area (TPSA) is 90.1 Å². The molecule has 1 saturated heterocycles. The highest BCUT2D eigenvalue weighted by Gasteiger charge is 2.26. The molecule has 8 heteroatoms. The van der Waals surface area contributed by atoms with Crippen molar-refractivity contribution in [3.8, 4) is 17.2 Å². The van der Waals surface area contributed by atoms with E-state index in [2.05, 4.69) is 4.98 Å². The molecular weight excluding hydrogens is 436 g/mol. The molecule has 1 atom stereocenters. The van der Waals surface area contributed by atoms with Crippen molar-refractivity contribution in [3.05, 3.63) is 63.4 Å². The number of pyridine rings is 1. The summed E-state index contributed by atoms with van der Waals surface area (Å²) in [7, 11) is 4.53. The molecule has 180 valence electrons. The molecule has 8 nitrogen and oxygen atoms in total. The van der Waals surface area contributed by atoms with E-state index < -0.39 is 0 Å². The highest BCUT2D eigenvalue weighted by atomic mass is 16.5. The van der Waals surface area contributed by atoms with Crippen molar-refractivity contribution in [3.63, 3.8) is 0 Å². The van der Waals surface area contributed by atoms with Crippen molar-refractivity contribution in [2.75, 3.05) is 34.5 Å². The molecule has 0 spiro atoms. The summed E-state index contributed by atoms with van der Waals surface area (Å²) < 4.78 is 22.0. The molecule has 1 amide bonds. The van der Waals surface area contributed by atoms with Gasteiger partial charge in [-0.1, -0.05) is 11.6 Å². The zero-order chi connectivity index (χ0) is 24.2. The second kappa shape index (κ2) is 10.2. The van der Waals surface area contributed by atoms with Gasteiger partial charge in [-0.05, 0) is 55.5 Å². The van der Waals surface area contributed by atoms with Gasteiger partial charge in [0.15, 0.2) is 11.5 Å². The van der Waals surface area contributed by atoms with Crippen molar-refractivity contribution in [1.29, 1.82) is 0 Å². The number of hydrogen-bond donors (Lipinski definition) is 1. The van der Waals surface area contributed by atoms with Crippen LogP contribution in [0, 0.1) is 6.92 Å². The molecule has 2 heterocycles. The zero-order valence-corrected chi connectivity index (χ0v) is 20.0. The van der Waals surface area contributed by atoms with Gasteiger partial charge in [0.2, 0.25) is 5.75 Å². The second-order valence-electron chi connectivity index (χ2n) is 8.45. The number of nitrogens with one attached hydrogen (secondary N) is 1. The lowest BCUT2D eigenvalue weighted by atomic mass is 10.1. The quantitative estimate of drug-likeness (QED) is 0.545. The maximum atomic E-state index is 13.7. The van der Waals surface area contributed by atoms with E-state index in [4.69, 9.17) is 18.9 Å². The molecule has 0 saturated carbocycles. The summed E-state index contributed by atoms with van der Waals surface area (Å²) in [5.41, 5.74) is 2.53. The molecule has 2 aromatic carbocycles. The summed E-state index contributed by atoms with van der Waals surface area (Å²) in [6.07, 6.45) is 1.74. The van der Waals surface area contributed by atoms with E-state index in [0.717, 1.165) is 29.3 Å². The molecule has 1 aliphatic heterocycles. The van der Waals surface area contributed by atoms with Gasteiger partial charge >= 0.3 is 0 Å². The van der Waals surface area contributed by atoms with Crippen LogP contribution in [0.2, 0.25) is 0 Å². The summed E-state index contributed by atoms with van der Waals surface area (Å²) in [6.45, 7) is 3.20. The highest BCUT2D eigenvalue weighted by molar-refractivity contribution is 5.95. The number of carbonyl (C=O) groups excluding carboxylic acids is 1. The molecule has 1 fully saturated rings. The van der Waals surface area contributed by atoms with Crippen LogP contribution < -0.4 is 19.8 Å². The lowest BCUT2D eigenvalue weighted by Gasteiger charge is -2.26. The largest absolute Gasteiger partial charge is 0.493 e. The Balaban J connectivity index is 1.72. The van der Waals surface area contributed by atoms with E-state index in [1.165, 1.54) is 21.3 Å². The molecule has 0 radical (unpaired) electrons. The number of ether oxygens (including phenoxy) is 4. The van der Waals surface area contributed by atoms with Crippen LogP contribution in [0.4, 0.5) is 0 Å². The minimum Gasteiger partial charge on any atom is -0.493 e. The minimum atomic E-state index is -0.251. The Labute approximate surface area is 198 Å². The molecule has 0 unspecified atom stereocenters. The monoisotopic (exact) mass is 466 g/mol. The lowest BCUT2D eigenvalue weighted by molar-refractivity contribution is 0.0506. The standard InChI is InChI=1S/C26H30N2O6/c1-16-7-8-21-17(10-16)11-19(25(29)27-21)14-28(15-20-6-5-9-34-20)26(30)18-12-22(31-2)24(33-4)23(13-18)32-3/h7-8,10-13,20H,5-6,9,14-15H2,1-4H3,(H,27,29)/t20-/m0/s1. The lowest BCUT2D eigenvalue weighted by Crippen LogP contribution is -2.38. The van der Waals surface area contributed by atoms with Gasteiger partial charge < -0.3 is 28.8 Å². The highest BCUT2D eigenvalue weighted by Crippen LogP contribution is 2.38. The molecule has 1 N–H and O–H groups in total. The number of rotatable bonds is 8. The summed E-state index contributed by atoms with van der Waals surface area (Å²) in [5.74, 6) is 0.939. The third-order valence-electron chi connectivity index (χ3n) is 6.08. The number of methoxy groups -OCH3 is 3. The Morgan fingerprint density at radius 1 is 1.09 bits per heavy atom. The maximum absolute atomic E-state index is 13.7. The molecule has 3 aromatic rings. The molecule has 0 aliphatic carbocycles. The summed E-state index contributed by atoms with van der Waals surface area (Å²) in [6, 6.07) is 11.0. The van der Waals surface area contributed by atoms with E-state index in [-0.39, 0.29) is 24.1 Å². The summed E-state index contributed by atoms with van der Waals surface area (Å²) in [5, 5.41) is 0.923. The molecular formula is C26H30N2O6. The van der Waals surface area contributed by atoms with E-state index in [1.807, 2.05) is 31.2 Å². The van der Waals surface area contributed by atoms with Gasteiger partial charge in [-0.3, -0.25) is 9.59 Å². The number of fused-ring (bicyclic) bond motifs is 1. The number of H-pyrrole nitrogens is 1. The van der Waals surface area contributed by atoms with Crippen LogP contribution in [-0.2, 0) is 11.3 Å². The Hall–Kier alpha value is -3.52. The van der Waals surface area contributed by atoms with Crippen molar-refractivity contribution >= 4 is 16.8 Å². The van der Waals surface area contributed by atoms with Gasteiger partial charge in [0.1, 0.15) is 0 Å². The number of nitrogens with zero attached hydrogens (tertiary/aromatic N) is 1. The molecule has 1 aliphatic rings. The fraction of sp³-hybridized carbons (Fsp3) is 0.385. The van der Waals surface area contributed by atoms with Crippen LogP contribution in [-0.4, -0.2) is 56.4 Å². The average molecular weight is 467 g/mol. The number of carbonyl (C=O) groups is 1. The maximum Gasteiger partial charge on any atom is 0.254 e. The van der Waals surface area contributed by atoms with Crippen LogP contribution in [0.15, 0.2) is 41.2 Å². The predicted octanol–water partition coefficient (Wildman–Crippen LogP) is 3.68. The first-order valence-electron chi connectivity index (χ1n) is 11.3. The fourth-order valence-corrected chi connectivity index (χ4v) is 4.33. The van der Waals surface area contributed by atoms with Crippen LogP contribution in [0.25, 0.3) is 10.9 Å². The number of benzene rings is 2. The van der Waals surface area contributed by atoms with Gasteiger partial charge in [0, 0.05) is 29.8 Å². The Morgan fingerprint density at radius 2 is 1.82 bits per heavy atom. The van der Waals surface area contributed by atoms with Crippen LogP contribution in [0.5, 0.6) is 17.2 Å². The van der Waals surface area contributed by atoms with Crippen molar-refractivity contribution in [2.24, 2.45) is 0 Å². The second-order valence-corrected chi connectivity index (χ2v) is 8.45. The third kappa shape index (κ3) is 4.87. The van der Waals surface area contributed by atoms with Gasteiger partial charge in [-0.25, -0.2) is 0 Å². The summed E-state index contributed by atoms with van der Waals surface area (Å²) >= 11 is 0. The first-order valence-corrected chi connectivity index (χ1v) is 11.3. The van der Waals surface area contributed by atoms with Gasteiger partial charge in [-0.2, -0.15) is 0 Å². The van der Waals surface area contributed by atoms with Gasteiger partial charge in [0.25, 0.3) is 11.5 Å². The van der Waals surface area contributed by atoms with Gasteiger partial charge in [0.05, 0.1) is 34.0 Å². The molecule has 34 heavy (non-hydrogen) atoms. The van der Waals surface area contributed by atoms with E-state index >= 15 is 0 Å². The van der Waals surface area contributed by atoms with Gasteiger partial charge in [-0.15, -0.1) is 0 Å². The summed E-state index contributed by atoms with van der Waals surface area (Å²) in [4.78, 5) is 31.2. The van der Waals surface area contributed by atoms with E-state index in [1.54, 1.807) is 17.0 Å². The number of aryl methyl sites for hydroxylation is 1. The number of aromatic amines is 1. The molecule has 0 bridgehead atoms. The normalized spacial score (nSPS) is 15.4. The Bertz CT molecular complexity index is 1220. The average Bonchev–Trinajstić information content (AvgIpc) is 3.36. The van der Waals surface area contributed by atoms with E-state index in [0.29, 0.717) is 41.5 Å². The SMILES string of the molecule is COc1cc(C(=O)N(Cc2cc3cc(C)ccc3[nH]c2=O)C[C@@H]2CCCO2)cc(OC)c1OC. The number of amides is 1. The van der Waals surface area contributed by atoms with Crippen LogP contribution in [0.3, 0.4) is 0 Å². The predicted molar refractivity (Wildman–Crippen MR) is 129 cm³/mol.